The number of H-pyrrole nitrogens is 1. The number of nitrogens with one attached hydrogen (secondary N) is 1. The van der Waals surface area contributed by atoms with Gasteiger partial charge in [-0.15, -0.1) is 5.10 Å². The zero-order chi connectivity index (χ0) is 21.7. The van der Waals surface area contributed by atoms with E-state index < -0.39 is 0 Å². The molecule has 0 aliphatic heterocycles. The number of unbranched alkanes of at least 4 members (excludes halogenated alkanes) is 2. The first-order valence-corrected chi connectivity index (χ1v) is 11.3. The van der Waals surface area contributed by atoms with Gasteiger partial charge in [0.1, 0.15) is 11.3 Å². The lowest BCUT2D eigenvalue weighted by Gasteiger charge is -2.31. The molecule has 2 N–H and O–H groups in total. The Morgan fingerprint density at radius 2 is 1.80 bits per heavy atom. The maximum absolute atomic E-state index is 10.9. The number of benzene rings is 2. The van der Waals surface area contributed by atoms with E-state index in [1.807, 2.05) is 12.1 Å². The molecule has 3 aromatic rings. The maximum atomic E-state index is 10.9. The third kappa shape index (κ3) is 4.67. The van der Waals surface area contributed by atoms with Gasteiger partial charge in [-0.1, -0.05) is 71.2 Å². The molecule has 2 aromatic carbocycles. The number of hydrogen-bond acceptors (Lipinski definition) is 4. The Bertz CT molecular complexity index is 972. The Hall–Kier alpha value is -2.40. The van der Waals surface area contributed by atoms with Gasteiger partial charge in [-0.2, -0.15) is 0 Å². The summed E-state index contributed by atoms with van der Waals surface area (Å²) in [6, 6.07) is 10.2. The van der Waals surface area contributed by atoms with E-state index >= 15 is 0 Å². The Labute approximate surface area is 180 Å². The molecular formula is C25H36N4O. The average molecular weight is 409 g/mol. The standard InChI is InChI=1S/C25H36N4O/c1-6-9-10-15-25(4,5)20-12-14-23(30)19(17-29(7-2)8-3)24(20)18-11-13-21-22(16-18)27-28-26-21/h11-14,16,30H,6-10,15,17H2,1-5H3,(H,26,27,28). The number of phenolic OH excluding ortho intramolecular Hbond substituents is 1. The summed E-state index contributed by atoms with van der Waals surface area (Å²) in [7, 11) is 0. The van der Waals surface area contributed by atoms with Crippen molar-refractivity contribution in [1.82, 2.24) is 20.3 Å². The smallest absolute Gasteiger partial charge is 0.120 e. The van der Waals surface area contributed by atoms with Crippen LogP contribution in [-0.4, -0.2) is 38.5 Å². The van der Waals surface area contributed by atoms with Crippen molar-refractivity contribution in [3.8, 4) is 16.9 Å². The molecule has 1 aromatic heterocycles. The Morgan fingerprint density at radius 3 is 2.50 bits per heavy atom. The highest BCUT2D eigenvalue weighted by molar-refractivity contribution is 5.84. The number of aromatic nitrogens is 3. The van der Waals surface area contributed by atoms with Crippen LogP contribution in [0.2, 0.25) is 0 Å². The zero-order valence-electron chi connectivity index (χ0n) is 19.1. The van der Waals surface area contributed by atoms with Gasteiger partial charge in [0.15, 0.2) is 0 Å². The van der Waals surface area contributed by atoms with E-state index in [1.165, 1.54) is 24.8 Å². The molecule has 30 heavy (non-hydrogen) atoms. The summed E-state index contributed by atoms with van der Waals surface area (Å²) in [5.74, 6) is 0.368. The lowest BCUT2D eigenvalue weighted by Crippen LogP contribution is -2.24. The van der Waals surface area contributed by atoms with E-state index in [0.29, 0.717) is 5.75 Å². The lowest BCUT2D eigenvalue weighted by atomic mass is 9.75. The number of phenols is 1. The normalized spacial score (nSPS) is 12.2. The molecular weight excluding hydrogens is 372 g/mol. The molecule has 0 saturated heterocycles. The summed E-state index contributed by atoms with van der Waals surface area (Å²) in [6.45, 7) is 13.9. The second-order valence-corrected chi connectivity index (χ2v) is 8.83. The molecule has 0 amide bonds. The molecule has 0 spiro atoms. The van der Waals surface area contributed by atoms with Crippen LogP contribution in [0, 0.1) is 0 Å². The Balaban J connectivity index is 2.18. The van der Waals surface area contributed by atoms with Gasteiger partial charge in [0, 0.05) is 12.1 Å². The van der Waals surface area contributed by atoms with Gasteiger partial charge in [-0.05, 0) is 59.8 Å². The van der Waals surface area contributed by atoms with Crippen LogP contribution in [0.4, 0.5) is 0 Å². The second-order valence-electron chi connectivity index (χ2n) is 8.83. The molecule has 0 atom stereocenters. The van der Waals surface area contributed by atoms with E-state index in [2.05, 4.69) is 73.1 Å². The fourth-order valence-corrected chi connectivity index (χ4v) is 4.31. The van der Waals surface area contributed by atoms with Crippen LogP contribution in [-0.2, 0) is 12.0 Å². The van der Waals surface area contributed by atoms with E-state index in [4.69, 9.17) is 0 Å². The molecule has 162 valence electrons. The predicted octanol–water partition coefficient (Wildman–Crippen LogP) is 6.03. The molecule has 0 radical (unpaired) electrons. The maximum Gasteiger partial charge on any atom is 0.120 e. The summed E-state index contributed by atoms with van der Waals surface area (Å²) >= 11 is 0. The van der Waals surface area contributed by atoms with Crippen LogP contribution in [0.15, 0.2) is 30.3 Å². The van der Waals surface area contributed by atoms with Crippen molar-refractivity contribution in [2.24, 2.45) is 0 Å². The first kappa shape index (κ1) is 22.3. The van der Waals surface area contributed by atoms with E-state index in [-0.39, 0.29) is 5.41 Å². The van der Waals surface area contributed by atoms with Gasteiger partial charge in [0.2, 0.25) is 0 Å². The molecule has 0 fully saturated rings. The van der Waals surface area contributed by atoms with E-state index in [1.54, 1.807) is 0 Å². The number of aromatic amines is 1. The van der Waals surface area contributed by atoms with Crippen molar-refractivity contribution in [2.45, 2.75) is 72.3 Å². The molecule has 1 heterocycles. The van der Waals surface area contributed by atoms with Gasteiger partial charge >= 0.3 is 0 Å². The highest BCUT2D eigenvalue weighted by Crippen LogP contribution is 2.42. The topological polar surface area (TPSA) is 65.0 Å². The summed E-state index contributed by atoms with van der Waals surface area (Å²) in [4.78, 5) is 2.35. The summed E-state index contributed by atoms with van der Waals surface area (Å²) in [5.41, 5.74) is 6.34. The molecule has 3 rings (SSSR count). The Morgan fingerprint density at radius 1 is 1.03 bits per heavy atom. The number of nitrogens with zero attached hydrogens (tertiary/aromatic N) is 3. The minimum atomic E-state index is 0.0113. The second kappa shape index (κ2) is 9.61. The number of aromatic hydroxyl groups is 1. The minimum absolute atomic E-state index is 0.0113. The predicted molar refractivity (Wildman–Crippen MR) is 125 cm³/mol. The van der Waals surface area contributed by atoms with Gasteiger partial charge < -0.3 is 5.11 Å². The fraction of sp³-hybridized carbons (Fsp3) is 0.520. The van der Waals surface area contributed by atoms with Crippen molar-refractivity contribution >= 4 is 11.0 Å². The quantitative estimate of drug-likeness (QED) is 0.402. The van der Waals surface area contributed by atoms with E-state index in [0.717, 1.165) is 53.8 Å². The molecule has 0 aliphatic rings. The summed E-state index contributed by atoms with van der Waals surface area (Å²) in [5, 5.41) is 22.0. The van der Waals surface area contributed by atoms with Crippen LogP contribution in [0.25, 0.3) is 22.2 Å². The van der Waals surface area contributed by atoms with Crippen LogP contribution >= 0.6 is 0 Å². The molecule has 0 saturated carbocycles. The SMILES string of the molecule is CCCCCC(C)(C)c1ccc(O)c(CN(CC)CC)c1-c1ccc2nn[nH]c2c1. The van der Waals surface area contributed by atoms with Crippen LogP contribution in [0.5, 0.6) is 5.75 Å². The average Bonchev–Trinajstić information content (AvgIpc) is 3.20. The highest BCUT2D eigenvalue weighted by atomic mass is 16.3. The van der Waals surface area contributed by atoms with E-state index in [9.17, 15) is 5.11 Å². The summed E-state index contributed by atoms with van der Waals surface area (Å²) < 4.78 is 0. The monoisotopic (exact) mass is 408 g/mol. The molecule has 0 unspecified atom stereocenters. The van der Waals surface area contributed by atoms with Crippen LogP contribution in [0.1, 0.15) is 71.4 Å². The molecule has 5 nitrogen and oxygen atoms in total. The van der Waals surface area contributed by atoms with Crippen LogP contribution < -0.4 is 0 Å². The van der Waals surface area contributed by atoms with Crippen molar-refractivity contribution in [1.29, 1.82) is 0 Å². The van der Waals surface area contributed by atoms with Gasteiger partial charge in [-0.25, -0.2) is 0 Å². The Kier molecular flexibility index (Phi) is 7.14. The number of rotatable bonds is 10. The number of hydrogen-bond donors (Lipinski definition) is 2. The van der Waals surface area contributed by atoms with Gasteiger partial charge in [0.25, 0.3) is 0 Å². The zero-order valence-corrected chi connectivity index (χ0v) is 19.1. The fourth-order valence-electron chi connectivity index (χ4n) is 4.31. The third-order valence-electron chi connectivity index (χ3n) is 6.31. The minimum Gasteiger partial charge on any atom is -0.508 e. The van der Waals surface area contributed by atoms with Crippen LogP contribution in [0.3, 0.4) is 0 Å². The summed E-state index contributed by atoms with van der Waals surface area (Å²) in [6.07, 6.45) is 4.79. The van der Waals surface area contributed by atoms with Crippen molar-refractivity contribution in [3.05, 3.63) is 41.5 Å². The van der Waals surface area contributed by atoms with Crippen molar-refractivity contribution in [2.75, 3.05) is 13.1 Å². The highest BCUT2D eigenvalue weighted by Gasteiger charge is 2.27. The first-order valence-electron chi connectivity index (χ1n) is 11.3. The molecule has 0 aliphatic carbocycles. The van der Waals surface area contributed by atoms with Gasteiger partial charge in [0.05, 0.1) is 5.52 Å². The van der Waals surface area contributed by atoms with Crippen molar-refractivity contribution < 1.29 is 5.11 Å². The molecule has 0 bridgehead atoms. The molecule has 5 heteroatoms. The van der Waals surface area contributed by atoms with Gasteiger partial charge in [-0.3, -0.25) is 10.00 Å². The number of fused-ring (bicyclic) bond motifs is 1. The largest absolute Gasteiger partial charge is 0.508 e. The lowest BCUT2D eigenvalue weighted by molar-refractivity contribution is 0.291. The van der Waals surface area contributed by atoms with Crippen molar-refractivity contribution in [3.63, 3.8) is 0 Å². The first-order chi connectivity index (χ1) is 14.4. The third-order valence-corrected chi connectivity index (χ3v) is 6.31.